The third-order valence-corrected chi connectivity index (χ3v) is 9.24. The quantitative estimate of drug-likeness (QED) is 0.416. The molecule has 2 fully saturated rings. The van der Waals surface area contributed by atoms with E-state index in [4.69, 9.17) is 26.8 Å². The number of nitrogens with zero attached hydrogens (tertiary/aromatic N) is 3. The van der Waals surface area contributed by atoms with Gasteiger partial charge in [-0.2, -0.15) is 0 Å². The lowest BCUT2D eigenvalue weighted by molar-refractivity contribution is -0.122. The van der Waals surface area contributed by atoms with Crippen LogP contribution < -0.4 is 25.4 Å². The van der Waals surface area contributed by atoms with Crippen LogP contribution in [0, 0.1) is 11.2 Å². The Bertz CT molecular complexity index is 1710. The summed E-state index contributed by atoms with van der Waals surface area (Å²) in [6.07, 6.45) is 2.08. The number of nitrogens with two attached hydrogens (primary N) is 1. The minimum atomic E-state index is -1.39. The van der Waals surface area contributed by atoms with Crippen LogP contribution in [-0.2, 0) is 15.0 Å². The van der Waals surface area contributed by atoms with E-state index >= 15 is 4.39 Å². The lowest BCUT2D eigenvalue weighted by Gasteiger charge is -2.40. The Balaban J connectivity index is 1.60. The highest BCUT2D eigenvalue weighted by atomic mass is 35.5. The first-order valence-electron chi connectivity index (χ1n) is 14.2. The lowest BCUT2D eigenvalue weighted by Crippen LogP contribution is -2.52. The molecule has 6 rings (SSSR count). The first kappa shape index (κ1) is 29.8. The van der Waals surface area contributed by atoms with Crippen LogP contribution >= 0.6 is 11.6 Å². The van der Waals surface area contributed by atoms with Gasteiger partial charge in [0.1, 0.15) is 17.0 Å². The van der Waals surface area contributed by atoms with Crippen LogP contribution in [0.3, 0.4) is 0 Å². The molecule has 2 saturated heterocycles. The van der Waals surface area contributed by atoms with Gasteiger partial charge in [-0.1, -0.05) is 44.5 Å². The molecule has 4 atom stereocenters. The summed E-state index contributed by atoms with van der Waals surface area (Å²) in [6.45, 7) is 6.27. The number of fused-ring (bicyclic) bond motifs is 3. The summed E-state index contributed by atoms with van der Waals surface area (Å²) in [7, 11) is 2.92. The molecule has 0 radical (unpaired) electrons. The zero-order valence-corrected chi connectivity index (χ0v) is 25.7. The topological polar surface area (TPSA) is 127 Å². The van der Waals surface area contributed by atoms with Crippen molar-refractivity contribution in [1.29, 1.82) is 0 Å². The molecule has 3 aromatic rings. The Hall–Kier alpha value is -4.22. The molecule has 0 saturated carbocycles. The summed E-state index contributed by atoms with van der Waals surface area (Å²) >= 11 is 6.32. The molecule has 1 aromatic heterocycles. The van der Waals surface area contributed by atoms with Gasteiger partial charge in [-0.3, -0.25) is 24.2 Å². The van der Waals surface area contributed by atoms with Crippen LogP contribution in [0.1, 0.15) is 54.6 Å². The largest absolute Gasteiger partial charge is 0.495 e. The molecule has 3 amide bonds. The third kappa shape index (κ3) is 4.32. The Labute approximate surface area is 259 Å². The number of anilines is 2. The van der Waals surface area contributed by atoms with Crippen molar-refractivity contribution in [3.05, 3.63) is 76.2 Å². The van der Waals surface area contributed by atoms with Crippen molar-refractivity contribution in [2.24, 2.45) is 11.1 Å². The number of primary amides is 1. The number of halogens is 2. The number of pyridine rings is 1. The van der Waals surface area contributed by atoms with Crippen LogP contribution in [0.5, 0.6) is 11.6 Å². The van der Waals surface area contributed by atoms with Gasteiger partial charge >= 0.3 is 0 Å². The van der Waals surface area contributed by atoms with E-state index in [1.807, 2.05) is 4.90 Å². The lowest BCUT2D eigenvalue weighted by atomic mass is 9.62. The second-order valence-corrected chi connectivity index (χ2v) is 13.0. The van der Waals surface area contributed by atoms with E-state index in [1.54, 1.807) is 35.4 Å². The molecule has 1 spiro atoms. The minimum absolute atomic E-state index is 0.0865. The number of amides is 3. The minimum Gasteiger partial charge on any atom is -0.495 e. The van der Waals surface area contributed by atoms with E-state index in [0.717, 1.165) is 0 Å². The van der Waals surface area contributed by atoms with Gasteiger partial charge in [0.05, 0.1) is 43.3 Å². The Morgan fingerprint density at radius 2 is 1.93 bits per heavy atom. The van der Waals surface area contributed by atoms with Gasteiger partial charge in [0, 0.05) is 35.3 Å². The monoisotopic (exact) mass is 621 g/mol. The number of hydrogen-bond donors (Lipinski definition) is 2. The molecule has 3 N–H and O–H groups in total. The summed E-state index contributed by atoms with van der Waals surface area (Å²) < 4.78 is 27.0. The molecule has 3 aliphatic heterocycles. The van der Waals surface area contributed by atoms with Gasteiger partial charge in [0.15, 0.2) is 0 Å². The Kier molecular flexibility index (Phi) is 7.09. The molecular formula is C32H33ClFN5O5. The number of ether oxygens (including phenoxy) is 2. The van der Waals surface area contributed by atoms with Crippen molar-refractivity contribution in [2.45, 2.75) is 50.6 Å². The molecule has 44 heavy (non-hydrogen) atoms. The molecule has 3 aliphatic rings. The third-order valence-electron chi connectivity index (χ3n) is 8.95. The maximum atomic E-state index is 16.1. The van der Waals surface area contributed by atoms with Gasteiger partial charge in [-0.25, -0.2) is 9.37 Å². The molecule has 230 valence electrons. The van der Waals surface area contributed by atoms with Crippen LogP contribution in [0.25, 0.3) is 0 Å². The van der Waals surface area contributed by atoms with Gasteiger partial charge in [0.25, 0.3) is 0 Å². The standard InChI is InChI=1S/C32H33ClFN5O5/c1-31(2,3)13-23-32(18-14-36-24(44-5)12-20(18)37-30(32)42)25(17-7-6-8-19(33)26(17)34)27-29(41)38(15-39(23)27)21-10-9-16(28(35)40)11-22(21)43-4/h6-12,14,23,25,27H,13,15H2,1-5H3,(H2,35,40)(H,37,42)/t23-,25-,27+,32?/m0/s1. The number of hydrogen-bond acceptors (Lipinski definition) is 7. The second-order valence-electron chi connectivity index (χ2n) is 12.6. The van der Waals surface area contributed by atoms with Crippen LogP contribution in [0.15, 0.2) is 48.7 Å². The van der Waals surface area contributed by atoms with Gasteiger partial charge in [0.2, 0.25) is 23.6 Å². The van der Waals surface area contributed by atoms with Crippen LogP contribution in [0.2, 0.25) is 5.02 Å². The Morgan fingerprint density at radius 1 is 1.18 bits per heavy atom. The van der Waals surface area contributed by atoms with Crippen LogP contribution in [0.4, 0.5) is 15.8 Å². The molecule has 10 nitrogen and oxygen atoms in total. The molecule has 1 unspecified atom stereocenters. The summed E-state index contributed by atoms with van der Waals surface area (Å²) in [6, 6.07) is 9.40. The average Bonchev–Trinajstić information content (AvgIpc) is 3.56. The summed E-state index contributed by atoms with van der Waals surface area (Å²) in [4.78, 5) is 48.9. The highest BCUT2D eigenvalue weighted by Crippen LogP contribution is 2.62. The fourth-order valence-electron chi connectivity index (χ4n) is 7.22. The predicted octanol–water partition coefficient (Wildman–Crippen LogP) is 4.46. The average molecular weight is 622 g/mol. The van der Waals surface area contributed by atoms with Gasteiger partial charge in [-0.05, 0) is 41.7 Å². The van der Waals surface area contributed by atoms with E-state index in [0.29, 0.717) is 29.2 Å². The molecule has 0 bridgehead atoms. The number of nitrogens with one attached hydrogen (secondary N) is 1. The van der Waals surface area contributed by atoms with Crippen molar-refractivity contribution >= 4 is 40.7 Å². The number of benzene rings is 2. The zero-order valence-electron chi connectivity index (χ0n) is 25.0. The van der Waals surface area contributed by atoms with E-state index in [1.165, 1.54) is 32.4 Å². The summed E-state index contributed by atoms with van der Waals surface area (Å²) in [5, 5.41) is 2.90. The smallest absolute Gasteiger partial charge is 0.248 e. The summed E-state index contributed by atoms with van der Waals surface area (Å²) in [5.74, 6) is -2.40. The Morgan fingerprint density at radius 3 is 2.59 bits per heavy atom. The zero-order chi connectivity index (χ0) is 31.7. The normalized spacial score (nSPS) is 24.4. The number of rotatable bonds is 6. The van der Waals surface area contributed by atoms with Gasteiger partial charge in [-0.15, -0.1) is 0 Å². The van der Waals surface area contributed by atoms with Gasteiger partial charge < -0.3 is 20.5 Å². The number of methoxy groups -OCH3 is 2. The fourth-order valence-corrected chi connectivity index (χ4v) is 7.40. The van der Waals surface area contributed by atoms with Crippen molar-refractivity contribution < 1.29 is 28.2 Å². The number of carbonyl (C=O) groups is 3. The SMILES string of the molecule is COc1cc2c(cn1)C1(C(=O)N2)[C@H](CC(C)(C)C)N2CN(c3ccc(C(N)=O)cc3OC)C(=O)[C@H]2[C@@H]1c1cccc(Cl)c1F. The number of carbonyl (C=O) groups excluding carboxylic acids is 3. The molecular weight excluding hydrogens is 589 g/mol. The predicted molar refractivity (Wildman–Crippen MR) is 163 cm³/mol. The van der Waals surface area contributed by atoms with Crippen molar-refractivity contribution in [3.8, 4) is 11.6 Å². The van der Waals surface area contributed by atoms with E-state index in [9.17, 15) is 14.4 Å². The molecule has 2 aromatic carbocycles. The van der Waals surface area contributed by atoms with E-state index in [2.05, 4.69) is 31.1 Å². The van der Waals surface area contributed by atoms with Crippen molar-refractivity contribution in [1.82, 2.24) is 9.88 Å². The fraction of sp³-hybridized carbons (Fsp3) is 0.375. The second kappa shape index (κ2) is 10.4. The van der Waals surface area contributed by atoms with Crippen molar-refractivity contribution in [3.63, 3.8) is 0 Å². The van der Waals surface area contributed by atoms with E-state index in [-0.39, 0.29) is 45.8 Å². The van der Waals surface area contributed by atoms with E-state index < -0.39 is 35.1 Å². The maximum absolute atomic E-state index is 16.1. The first-order chi connectivity index (χ1) is 20.8. The highest BCUT2D eigenvalue weighted by Gasteiger charge is 2.71. The highest BCUT2D eigenvalue weighted by molar-refractivity contribution is 6.30. The molecule has 4 heterocycles. The number of aromatic nitrogens is 1. The molecule has 0 aliphatic carbocycles. The molecule has 12 heteroatoms. The van der Waals surface area contributed by atoms with Crippen molar-refractivity contribution in [2.75, 3.05) is 31.1 Å². The summed E-state index contributed by atoms with van der Waals surface area (Å²) in [5.41, 5.74) is 5.68. The maximum Gasteiger partial charge on any atom is 0.248 e. The van der Waals surface area contributed by atoms with Crippen LogP contribution in [-0.4, -0.2) is 60.6 Å². The first-order valence-corrected chi connectivity index (χ1v) is 14.6.